The molecule has 0 aliphatic carbocycles. The number of carbonyl (C=O) groups excluding carboxylic acids is 3. The molecular weight excluding hydrogens is 630 g/mol. The Morgan fingerprint density at radius 3 is 2.00 bits per heavy atom. The van der Waals surface area contributed by atoms with Crippen molar-refractivity contribution in [1.82, 2.24) is 26.1 Å². The Bertz CT molecular complexity index is 1580. The molecule has 13 nitrogen and oxygen atoms in total. The second-order valence-electron chi connectivity index (χ2n) is 12.5. The number of hydrogen-bond donors (Lipinski definition) is 4. The SMILES string of the molecule is CC(C)c1cc(COC(=O)N[C@H](C(=O)N[C@@H](Cc2ccccc2)C[C@H](O)[C@H](Cc2ccccc2)NC(=O)OCc2cnco2)C(C)C)on1. The Labute approximate surface area is 285 Å². The number of nitrogens with one attached hydrogen (secondary N) is 3. The Balaban J connectivity index is 1.44. The number of aromatic nitrogens is 2. The van der Waals surface area contributed by atoms with E-state index in [1.807, 2.05) is 74.5 Å². The van der Waals surface area contributed by atoms with Gasteiger partial charge in [0.2, 0.25) is 5.91 Å². The number of rotatable bonds is 17. The zero-order valence-electron chi connectivity index (χ0n) is 28.2. The van der Waals surface area contributed by atoms with Gasteiger partial charge in [-0.15, -0.1) is 0 Å². The summed E-state index contributed by atoms with van der Waals surface area (Å²) in [5, 5.41) is 24.0. The van der Waals surface area contributed by atoms with E-state index in [9.17, 15) is 19.5 Å². The number of aliphatic hydroxyl groups excluding tert-OH is 1. The highest BCUT2D eigenvalue weighted by molar-refractivity contribution is 5.86. The molecule has 0 saturated carbocycles. The van der Waals surface area contributed by atoms with E-state index >= 15 is 0 Å². The van der Waals surface area contributed by atoms with E-state index < -0.39 is 42.3 Å². The molecule has 3 amide bonds. The molecule has 0 aliphatic heterocycles. The van der Waals surface area contributed by atoms with E-state index in [0.717, 1.165) is 16.8 Å². The molecule has 262 valence electrons. The molecule has 4 aromatic rings. The number of oxazole rings is 1. The first-order chi connectivity index (χ1) is 23.6. The predicted molar refractivity (Wildman–Crippen MR) is 179 cm³/mol. The molecule has 2 heterocycles. The summed E-state index contributed by atoms with van der Waals surface area (Å²) in [7, 11) is 0. The molecule has 0 saturated heterocycles. The molecule has 2 aromatic carbocycles. The van der Waals surface area contributed by atoms with Crippen LogP contribution in [0.1, 0.15) is 68.4 Å². The van der Waals surface area contributed by atoms with Gasteiger partial charge in [0.15, 0.2) is 31.1 Å². The molecule has 4 N–H and O–H groups in total. The maximum atomic E-state index is 13.7. The fraction of sp³-hybridized carbons (Fsp3) is 0.417. The Hall–Kier alpha value is -5.17. The Morgan fingerprint density at radius 1 is 0.816 bits per heavy atom. The van der Waals surface area contributed by atoms with E-state index in [2.05, 4.69) is 26.1 Å². The summed E-state index contributed by atoms with van der Waals surface area (Å²) in [6.07, 6.45) is 0.828. The average molecular weight is 676 g/mol. The first kappa shape index (κ1) is 36.7. The van der Waals surface area contributed by atoms with Gasteiger partial charge in [-0.1, -0.05) is 93.5 Å². The van der Waals surface area contributed by atoms with Gasteiger partial charge in [-0.25, -0.2) is 14.6 Å². The molecule has 0 aliphatic rings. The van der Waals surface area contributed by atoms with Crippen LogP contribution in [0.15, 0.2) is 88.3 Å². The van der Waals surface area contributed by atoms with E-state index in [-0.39, 0.29) is 31.5 Å². The van der Waals surface area contributed by atoms with E-state index in [4.69, 9.17) is 18.4 Å². The lowest BCUT2D eigenvalue weighted by Gasteiger charge is -2.30. The van der Waals surface area contributed by atoms with Crippen molar-refractivity contribution in [3.63, 3.8) is 0 Å². The predicted octanol–water partition coefficient (Wildman–Crippen LogP) is 5.05. The Kier molecular flexibility index (Phi) is 13.8. The second-order valence-corrected chi connectivity index (χ2v) is 12.5. The van der Waals surface area contributed by atoms with Gasteiger partial charge in [-0.3, -0.25) is 4.79 Å². The highest BCUT2D eigenvalue weighted by atomic mass is 16.6. The molecule has 2 aromatic heterocycles. The van der Waals surface area contributed by atoms with Crippen LogP contribution in [0, 0.1) is 5.92 Å². The Morgan fingerprint density at radius 2 is 1.43 bits per heavy atom. The lowest BCUT2D eigenvalue weighted by Crippen LogP contribution is -2.54. The fourth-order valence-corrected chi connectivity index (χ4v) is 5.14. The average Bonchev–Trinajstić information content (AvgIpc) is 3.79. The van der Waals surface area contributed by atoms with Crippen molar-refractivity contribution in [2.75, 3.05) is 0 Å². The van der Waals surface area contributed by atoms with Gasteiger partial charge in [0.25, 0.3) is 0 Å². The van der Waals surface area contributed by atoms with Crippen LogP contribution in [0.2, 0.25) is 0 Å². The van der Waals surface area contributed by atoms with Gasteiger partial charge in [-0.05, 0) is 42.2 Å². The molecule has 13 heteroatoms. The van der Waals surface area contributed by atoms with Crippen molar-refractivity contribution in [2.24, 2.45) is 5.92 Å². The third-order valence-electron chi connectivity index (χ3n) is 7.83. The van der Waals surface area contributed by atoms with Crippen LogP contribution in [-0.4, -0.2) is 57.6 Å². The lowest BCUT2D eigenvalue weighted by atomic mass is 9.93. The molecular formula is C36H45N5O8. The summed E-state index contributed by atoms with van der Waals surface area (Å²) in [4.78, 5) is 43.1. The van der Waals surface area contributed by atoms with E-state index in [1.54, 1.807) is 19.9 Å². The van der Waals surface area contributed by atoms with Gasteiger partial charge >= 0.3 is 12.2 Å². The van der Waals surface area contributed by atoms with Crippen LogP contribution in [0.4, 0.5) is 9.59 Å². The molecule has 49 heavy (non-hydrogen) atoms. The van der Waals surface area contributed by atoms with Crippen molar-refractivity contribution in [3.05, 3.63) is 108 Å². The van der Waals surface area contributed by atoms with Gasteiger partial charge in [0, 0.05) is 12.1 Å². The van der Waals surface area contributed by atoms with Crippen molar-refractivity contribution < 1.29 is 37.9 Å². The number of nitrogens with zero attached hydrogens (tertiary/aromatic N) is 2. The van der Waals surface area contributed by atoms with Gasteiger partial charge in [-0.2, -0.15) is 0 Å². The molecule has 0 fully saturated rings. The van der Waals surface area contributed by atoms with Crippen LogP contribution < -0.4 is 16.0 Å². The summed E-state index contributed by atoms with van der Waals surface area (Å²) in [6, 6.07) is 18.4. The minimum Gasteiger partial charge on any atom is -0.445 e. The quantitative estimate of drug-likeness (QED) is 0.118. The van der Waals surface area contributed by atoms with Crippen LogP contribution in [-0.2, 0) is 40.3 Å². The normalized spacial score (nSPS) is 13.7. The summed E-state index contributed by atoms with van der Waals surface area (Å²) < 4.78 is 21.0. The first-order valence-electron chi connectivity index (χ1n) is 16.3. The van der Waals surface area contributed by atoms with E-state index in [0.29, 0.717) is 24.4 Å². The van der Waals surface area contributed by atoms with Crippen molar-refractivity contribution in [3.8, 4) is 0 Å². The number of aliphatic hydroxyl groups is 1. The van der Waals surface area contributed by atoms with Gasteiger partial charge in [0.1, 0.15) is 6.04 Å². The molecule has 0 spiro atoms. The van der Waals surface area contributed by atoms with Crippen molar-refractivity contribution >= 4 is 18.1 Å². The minimum atomic E-state index is -1.10. The number of hydrogen-bond acceptors (Lipinski definition) is 10. The monoisotopic (exact) mass is 675 g/mol. The number of amides is 3. The zero-order valence-corrected chi connectivity index (χ0v) is 28.2. The minimum absolute atomic E-state index is 0.0828. The first-order valence-corrected chi connectivity index (χ1v) is 16.3. The standard InChI is InChI=1S/C36H45N5O8/c1-23(2)30-18-28(49-41-30)20-46-36(45)40-33(24(3)4)34(43)38-27(15-25-11-7-5-8-12-25)17-32(42)31(16-26-13-9-6-10-14-26)39-35(44)47-21-29-19-37-22-48-29/h5-14,18-19,22-24,27,31-33,42H,15-17,20-21H2,1-4H3,(H,38,43)(H,39,44)(H,40,45)/t27-,31-,32-,33-/m0/s1. The molecule has 4 rings (SSSR count). The van der Waals surface area contributed by atoms with Crippen LogP contribution in [0.25, 0.3) is 0 Å². The zero-order chi connectivity index (χ0) is 35.2. The highest BCUT2D eigenvalue weighted by Gasteiger charge is 2.30. The summed E-state index contributed by atoms with van der Waals surface area (Å²) in [5.41, 5.74) is 2.56. The maximum Gasteiger partial charge on any atom is 0.408 e. The smallest absolute Gasteiger partial charge is 0.408 e. The van der Waals surface area contributed by atoms with Crippen molar-refractivity contribution in [1.29, 1.82) is 0 Å². The van der Waals surface area contributed by atoms with Crippen LogP contribution in [0.3, 0.4) is 0 Å². The van der Waals surface area contributed by atoms with E-state index in [1.165, 1.54) is 12.6 Å². The number of benzene rings is 2. The topological polar surface area (TPSA) is 178 Å². The second kappa shape index (κ2) is 18.4. The molecule has 0 radical (unpaired) electrons. The maximum absolute atomic E-state index is 13.7. The number of carbonyl (C=O) groups is 3. The molecule has 4 atom stereocenters. The van der Waals surface area contributed by atoms with Gasteiger partial charge in [0.05, 0.1) is 24.0 Å². The van der Waals surface area contributed by atoms with Crippen LogP contribution in [0.5, 0.6) is 0 Å². The summed E-state index contributed by atoms with van der Waals surface area (Å²) >= 11 is 0. The van der Waals surface area contributed by atoms with Crippen LogP contribution >= 0.6 is 0 Å². The third kappa shape index (κ3) is 12.1. The largest absolute Gasteiger partial charge is 0.445 e. The third-order valence-corrected chi connectivity index (χ3v) is 7.83. The lowest BCUT2D eigenvalue weighted by molar-refractivity contribution is -0.125. The van der Waals surface area contributed by atoms with Gasteiger partial charge < -0.3 is 39.5 Å². The van der Waals surface area contributed by atoms with Crippen molar-refractivity contribution in [2.45, 2.75) is 90.3 Å². The summed E-state index contributed by atoms with van der Waals surface area (Å²) in [6.45, 7) is 7.29. The number of alkyl carbamates (subject to hydrolysis) is 2. The highest BCUT2D eigenvalue weighted by Crippen LogP contribution is 2.17. The molecule has 0 unspecified atom stereocenters. The number of ether oxygens (including phenoxy) is 2. The fourth-order valence-electron chi connectivity index (χ4n) is 5.14. The summed E-state index contributed by atoms with van der Waals surface area (Å²) in [5.74, 6) is 0.185. The molecule has 0 bridgehead atoms.